The van der Waals surface area contributed by atoms with Crippen LogP contribution >= 0.6 is 0 Å². The van der Waals surface area contributed by atoms with Crippen molar-refractivity contribution in [3.05, 3.63) is 118 Å². The third-order valence-electron chi connectivity index (χ3n) is 21.4. The Balaban J connectivity index is 0.865. The Labute approximate surface area is 460 Å². The first-order chi connectivity index (χ1) is 37.8. The highest BCUT2D eigenvalue weighted by Gasteiger charge is 2.65. The average Bonchev–Trinajstić information content (AvgIpc) is 3.65. The minimum absolute atomic E-state index is 0.0193. The van der Waals surface area contributed by atoms with Gasteiger partial charge in [-0.25, -0.2) is 0 Å². The Morgan fingerprint density at radius 3 is 2.53 bits per heavy atom. The van der Waals surface area contributed by atoms with Gasteiger partial charge in [-0.2, -0.15) is 0 Å². The Bertz CT molecular complexity index is 3050. The molecule has 0 unspecified atom stereocenters. The van der Waals surface area contributed by atoms with E-state index in [1.807, 2.05) is 18.2 Å². The first kappa shape index (κ1) is 53.2. The van der Waals surface area contributed by atoms with E-state index in [1.54, 1.807) is 12.1 Å². The Kier molecular flexibility index (Phi) is 14.7. The molecule has 1 saturated heterocycles. The summed E-state index contributed by atoms with van der Waals surface area (Å²) in [5.74, 6) is 9.71. The summed E-state index contributed by atoms with van der Waals surface area (Å²) in [6.45, 7) is 6.65. The summed E-state index contributed by atoms with van der Waals surface area (Å²) in [5.41, 5.74) is 12.5. The number of ketones is 2. The number of rotatable bonds is 13. The molecule has 6 aliphatic carbocycles. The number of Topliss-reactive ketones (excluding diaryl/α,β-unsaturated/α-hetero) is 2. The smallest absolute Gasteiger partial charge is 0.160 e. The largest absolute Gasteiger partial charge is 0.504 e. The summed E-state index contributed by atoms with van der Waals surface area (Å²) in [6, 6.07) is 20.5. The van der Waals surface area contributed by atoms with Crippen LogP contribution < -0.4 is 26.4 Å². The number of carbonyl (C=O) groups excluding carboxylic acids is 2. The number of allylic oxidation sites excluding steroid dienone is 2. The monoisotopic (exact) mass is 1060 g/mol. The predicted molar refractivity (Wildman–Crippen MR) is 304 cm³/mol. The Morgan fingerprint density at radius 1 is 0.923 bits per heavy atom. The number of dihydropyridines is 1. The van der Waals surface area contributed by atoms with Crippen LogP contribution in [0.25, 0.3) is 10.8 Å². The average molecular weight is 1060 g/mol. The van der Waals surface area contributed by atoms with Gasteiger partial charge in [-0.3, -0.25) is 9.59 Å². The minimum Gasteiger partial charge on any atom is -0.504 e. The van der Waals surface area contributed by atoms with Crippen molar-refractivity contribution in [3.63, 3.8) is 0 Å². The number of hydrogen-bond donors (Lipinski definition) is 9. The number of phenolic OH excluding ortho intramolecular Hbond substituents is 1. The second-order valence-electron chi connectivity index (χ2n) is 25.1. The zero-order chi connectivity index (χ0) is 54.0. The van der Waals surface area contributed by atoms with Crippen LogP contribution in [0, 0.1) is 52.8 Å². The molecule has 4 aromatic rings. The number of aromatic amines is 1. The fraction of sp³-hybridized carbons (Fsp3) is 0.576. The van der Waals surface area contributed by atoms with Gasteiger partial charge in [0.15, 0.2) is 17.3 Å². The molecule has 2 aliphatic heterocycles. The quantitative estimate of drug-likeness (QED) is 0.0579. The standard InChI is InChI=1S/C66H83N5O7/c1-4-37-35-70-60(67)34-49(37)48(40-14-13-38-11-7-8-12-39(38)25-40)33-55(74)54(73)26-42-17-22-65(58(76)16-15-41-27-57(78-3)56(75)32-46(41)42)23-18-43(28-59(65)77)47-31-52-63-61-50(45-19-24-69-64(45)62(63)51(47)36-68-5-2)29-44(72)30-53(61)71-66(52)20-9-6-10-21-66/h7-8,11-14,19,24-25,27,32,34,42-43,47-48,50-55,59,61-63,68-71,73-75,77H,4-6,9-10,15-16,18,20-21,23,26,28-31,33,35-36,67H2,1-3H3/t42-,43-,47+,48-,50+,51-,52-,53+,54+,55-,59-,61+,62+,63-,65+/m1/s1. The van der Waals surface area contributed by atoms with E-state index in [2.05, 4.69) is 89.2 Å². The number of piperidine rings is 1. The van der Waals surface area contributed by atoms with E-state index in [1.165, 1.54) is 43.2 Å². The fourth-order valence-electron chi connectivity index (χ4n) is 17.7. The van der Waals surface area contributed by atoms with Crippen LogP contribution in [0.15, 0.2) is 89.9 Å². The lowest BCUT2D eigenvalue weighted by Crippen LogP contribution is -2.72. The van der Waals surface area contributed by atoms with Crippen molar-refractivity contribution in [2.75, 3.05) is 26.7 Å². The van der Waals surface area contributed by atoms with Gasteiger partial charge in [-0.05, 0) is 187 Å². The summed E-state index contributed by atoms with van der Waals surface area (Å²) in [5, 5.41) is 62.5. The highest BCUT2D eigenvalue weighted by Crippen LogP contribution is 2.67. The van der Waals surface area contributed by atoms with E-state index < -0.39 is 29.6 Å². The number of benzene rings is 3. The van der Waals surface area contributed by atoms with Gasteiger partial charge in [0.05, 0.1) is 31.2 Å². The van der Waals surface area contributed by atoms with Gasteiger partial charge in [0, 0.05) is 67.0 Å². The van der Waals surface area contributed by atoms with E-state index in [4.69, 9.17) is 10.5 Å². The molecule has 0 radical (unpaired) electrons. The first-order valence-corrected chi connectivity index (χ1v) is 29.9. The molecular weight excluding hydrogens is 975 g/mol. The van der Waals surface area contributed by atoms with Gasteiger partial charge in [-0.1, -0.05) is 87.4 Å². The van der Waals surface area contributed by atoms with Crippen molar-refractivity contribution >= 4 is 22.3 Å². The van der Waals surface area contributed by atoms with Crippen molar-refractivity contribution in [3.8, 4) is 23.3 Å². The summed E-state index contributed by atoms with van der Waals surface area (Å²) < 4.78 is 5.61. The van der Waals surface area contributed by atoms with Crippen LogP contribution in [0.4, 0.5) is 0 Å². The van der Waals surface area contributed by atoms with Crippen LogP contribution in [-0.4, -0.2) is 93.6 Å². The van der Waals surface area contributed by atoms with Gasteiger partial charge in [0.25, 0.3) is 0 Å². The molecule has 0 amide bonds. The van der Waals surface area contributed by atoms with E-state index in [-0.39, 0.29) is 65.9 Å². The van der Waals surface area contributed by atoms with Gasteiger partial charge < -0.3 is 51.8 Å². The number of aromatic nitrogens is 1. The molecule has 2 spiro atoms. The van der Waals surface area contributed by atoms with E-state index >= 15 is 4.79 Å². The topological polar surface area (TPSA) is 202 Å². The number of methoxy groups -OCH3 is 1. The SMILES string of the molecule is CCNC[C@@H]1[C@H]([C@@H]2CC[C@]3(C#C[C@H](C[C@H](O)[C@H](O)C[C@@H](C4=C(CC)CNC(N)=C4)c4ccc5ccccc5c4)c4cc(O)c(OC)cc4CCC3=O)[C@H](O)C2)C[C@@H]2[C@H]3[C@H]1c1[nH]ccc1[C@@H]1CC(=O)C[C@H](NC24CCCCC4)[C@@H]31. The van der Waals surface area contributed by atoms with Crippen LogP contribution in [0.3, 0.4) is 0 Å². The second-order valence-corrected chi connectivity index (χ2v) is 25.1. The van der Waals surface area contributed by atoms with Crippen molar-refractivity contribution in [2.45, 2.75) is 170 Å². The Morgan fingerprint density at radius 2 is 1.74 bits per heavy atom. The molecule has 12 heteroatoms. The number of fused-ring (bicyclic) bond motifs is 6. The molecule has 8 aliphatic rings. The lowest BCUT2D eigenvalue weighted by Gasteiger charge is -2.67. The lowest BCUT2D eigenvalue weighted by atomic mass is 9.42. The summed E-state index contributed by atoms with van der Waals surface area (Å²) in [4.78, 5) is 32.5. The van der Waals surface area contributed by atoms with E-state index in [9.17, 15) is 25.2 Å². The van der Waals surface area contributed by atoms with E-state index in [0.717, 1.165) is 72.7 Å². The zero-order valence-electron chi connectivity index (χ0n) is 46.0. The number of ether oxygens (including phenoxy) is 1. The maximum absolute atomic E-state index is 15.1. The molecule has 78 heavy (non-hydrogen) atoms. The van der Waals surface area contributed by atoms with Gasteiger partial charge >= 0.3 is 0 Å². The van der Waals surface area contributed by atoms with Gasteiger partial charge in [0.2, 0.25) is 0 Å². The second kappa shape index (κ2) is 21.6. The third-order valence-corrected chi connectivity index (χ3v) is 21.4. The third kappa shape index (κ3) is 9.31. The lowest BCUT2D eigenvalue weighted by molar-refractivity contribution is -0.142. The van der Waals surface area contributed by atoms with Crippen LogP contribution in [0.5, 0.6) is 11.5 Å². The van der Waals surface area contributed by atoms with Crippen LogP contribution in [-0.2, 0) is 16.0 Å². The molecule has 414 valence electrons. The van der Waals surface area contributed by atoms with Gasteiger partial charge in [0.1, 0.15) is 11.2 Å². The molecule has 5 fully saturated rings. The summed E-state index contributed by atoms with van der Waals surface area (Å²) in [6.07, 6.45) is 12.1. The number of aryl methyl sites for hydroxylation is 1. The number of hydrogen-bond acceptors (Lipinski definition) is 11. The number of carbonyl (C=O) groups is 2. The number of nitrogens with one attached hydrogen (secondary N) is 4. The maximum Gasteiger partial charge on any atom is 0.160 e. The summed E-state index contributed by atoms with van der Waals surface area (Å²) >= 11 is 0. The highest BCUT2D eigenvalue weighted by atomic mass is 16.5. The van der Waals surface area contributed by atoms with Gasteiger partial charge in [-0.15, -0.1) is 0 Å². The molecule has 4 saturated carbocycles. The zero-order valence-corrected chi connectivity index (χ0v) is 46.0. The normalized spacial score (nSPS) is 33.2. The Hall–Kier alpha value is -5.42. The van der Waals surface area contributed by atoms with Crippen molar-refractivity contribution in [1.29, 1.82) is 0 Å². The number of nitrogens with two attached hydrogens (primary N) is 1. The van der Waals surface area contributed by atoms with Crippen molar-refractivity contribution in [2.24, 2.45) is 46.7 Å². The number of aliphatic hydroxyl groups is 3. The fourth-order valence-corrected chi connectivity index (χ4v) is 17.7. The van der Waals surface area contributed by atoms with Crippen LogP contribution in [0.2, 0.25) is 0 Å². The molecule has 12 rings (SSSR count). The highest BCUT2D eigenvalue weighted by molar-refractivity contribution is 5.89. The first-order valence-electron chi connectivity index (χ1n) is 29.9. The molecular formula is C66H83N5O7. The molecule has 15 atom stereocenters. The predicted octanol–water partition coefficient (Wildman–Crippen LogP) is 9.04. The molecule has 3 heterocycles. The maximum atomic E-state index is 15.1. The number of aliphatic hydroxyl groups excluding tert-OH is 3. The molecule has 0 bridgehead atoms. The number of phenols is 1. The molecule has 12 nitrogen and oxygen atoms in total. The molecule has 10 N–H and O–H groups in total. The van der Waals surface area contributed by atoms with Crippen molar-refractivity contribution < 1.29 is 34.8 Å². The molecule has 3 aromatic carbocycles. The number of H-pyrrole nitrogens is 1. The van der Waals surface area contributed by atoms with Crippen molar-refractivity contribution in [1.82, 2.24) is 20.9 Å². The van der Waals surface area contributed by atoms with E-state index in [0.29, 0.717) is 91.3 Å². The minimum atomic E-state index is -1.32. The van der Waals surface area contributed by atoms with Crippen LogP contribution in [0.1, 0.15) is 162 Å². The summed E-state index contributed by atoms with van der Waals surface area (Å²) in [7, 11) is 1.51. The molecule has 1 aromatic heterocycles. The number of aromatic hydroxyl groups is 1.